The molecule has 0 amide bonds. The van der Waals surface area contributed by atoms with Crippen molar-refractivity contribution in [1.29, 1.82) is 0 Å². The maximum atomic E-state index is 13.1. The van der Waals surface area contributed by atoms with E-state index in [1.165, 1.54) is 26.4 Å². The van der Waals surface area contributed by atoms with Crippen LogP contribution in [-0.2, 0) is 9.47 Å². The number of hydrogen-bond donors (Lipinski definition) is 0. The first-order valence-corrected chi connectivity index (χ1v) is 4.68. The van der Waals surface area contributed by atoms with E-state index in [9.17, 15) is 9.18 Å². The van der Waals surface area contributed by atoms with Crippen molar-refractivity contribution in [3.8, 4) is 5.75 Å². The zero-order chi connectivity index (χ0) is 12.0. The minimum absolute atomic E-state index is 0.120. The smallest absolute Gasteiger partial charge is 0.338 e. The van der Waals surface area contributed by atoms with Crippen molar-refractivity contribution in [3.63, 3.8) is 0 Å². The lowest BCUT2D eigenvalue weighted by molar-refractivity contribution is 0.0599. The summed E-state index contributed by atoms with van der Waals surface area (Å²) in [5, 5.41) is 0. The van der Waals surface area contributed by atoms with E-state index < -0.39 is 11.8 Å². The molecule has 0 unspecified atom stereocenters. The summed E-state index contributed by atoms with van der Waals surface area (Å²) in [6, 6.07) is 3.71. The molecule has 0 fully saturated rings. The molecule has 16 heavy (non-hydrogen) atoms. The number of carbonyl (C=O) groups excluding carboxylic acids is 1. The Bertz CT molecular complexity index is 365. The number of esters is 1. The largest absolute Gasteiger partial charge is 0.491 e. The minimum Gasteiger partial charge on any atom is -0.491 e. The van der Waals surface area contributed by atoms with Gasteiger partial charge < -0.3 is 14.2 Å². The van der Waals surface area contributed by atoms with Gasteiger partial charge in [-0.1, -0.05) is 0 Å². The predicted octanol–water partition coefficient (Wildman–Crippen LogP) is 1.64. The van der Waals surface area contributed by atoms with Crippen LogP contribution >= 0.6 is 0 Å². The van der Waals surface area contributed by atoms with Crippen LogP contribution in [0.2, 0.25) is 0 Å². The van der Waals surface area contributed by atoms with Crippen LogP contribution in [-0.4, -0.2) is 33.4 Å². The van der Waals surface area contributed by atoms with Gasteiger partial charge in [0.15, 0.2) is 0 Å². The summed E-state index contributed by atoms with van der Waals surface area (Å²) in [6.07, 6.45) is 0. The molecular weight excluding hydrogens is 215 g/mol. The van der Waals surface area contributed by atoms with Crippen molar-refractivity contribution in [1.82, 2.24) is 0 Å². The van der Waals surface area contributed by atoms with Gasteiger partial charge in [0.25, 0.3) is 0 Å². The molecule has 88 valence electrons. The van der Waals surface area contributed by atoms with Gasteiger partial charge in [-0.15, -0.1) is 0 Å². The van der Waals surface area contributed by atoms with Gasteiger partial charge in [-0.2, -0.15) is 0 Å². The van der Waals surface area contributed by atoms with Crippen molar-refractivity contribution < 1.29 is 23.4 Å². The van der Waals surface area contributed by atoms with Gasteiger partial charge in [0.2, 0.25) is 0 Å². The fourth-order valence-electron chi connectivity index (χ4n) is 1.12. The van der Waals surface area contributed by atoms with E-state index in [1.54, 1.807) is 0 Å². The molecule has 0 aliphatic heterocycles. The average molecular weight is 228 g/mol. The lowest BCUT2D eigenvalue weighted by atomic mass is 10.2. The van der Waals surface area contributed by atoms with Gasteiger partial charge in [0.1, 0.15) is 18.2 Å². The fourth-order valence-corrected chi connectivity index (χ4v) is 1.12. The molecule has 0 heterocycles. The second kappa shape index (κ2) is 6.07. The number of ether oxygens (including phenoxy) is 3. The highest BCUT2D eigenvalue weighted by atomic mass is 19.1. The molecule has 4 nitrogen and oxygen atoms in total. The van der Waals surface area contributed by atoms with Crippen molar-refractivity contribution in [2.45, 2.75) is 0 Å². The van der Waals surface area contributed by atoms with E-state index in [-0.39, 0.29) is 11.3 Å². The van der Waals surface area contributed by atoms with Crippen LogP contribution < -0.4 is 4.74 Å². The Balaban J connectivity index is 2.77. The fraction of sp³-hybridized carbons (Fsp3) is 0.364. The standard InChI is InChI=1S/C11H13FO4/c1-14-3-4-16-10-6-8(11(13)15-2)5-9(12)7-10/h5-7H,3-4H2,1-2H3. The predicted molar refractivity (Wildman–Crippen MR) is 55.1 cm³/mol. The van der Waals surface area contributed by atoms with E-state index in [0.717, 1.165) is 6.07 Å². The molecule has 0 spiro atoms. The SMILES string of the molecule is COCCOc1cc(F)cc(C(=O)OC)c1. The van der Waals surface area contributed by atoms with Crippen molar-refractivity contribution in [3.05, 3.63) is 29.6 Å². The molecular formula is C11H13FO4. The molecule has 1 aromatic carbocycles. The zero-order valence-corrected chi connectivity index (χ0v) is 9.16. The molecule has 0 aromatic heterocycles. The summed E-state index contributed by atoms with van der Waals surface area (Å²) < 4.78 is 27.6. The Morgan fingerprint density at radius 2 is 2.00 bits per heavy atom. The molecule has 0 saturated heterocycles. The van der Waals surface area contributed by atoms with Crippen LogP contribution in [0.1, 0.15) is 10.4 Å². The molecule has 1 rings (SSSR count). The van der Waals surface area contributed by atoms with Gasteiger partial charge in [-0.3, -0.25) is 0 Å². The molecule has 0 atom stereocenters. The number of methoxy groups -OCH3 is 2. The lowest BCUT2D eigenvalue weighted by Crippen LogP contribution is -2.06. The summed E-state index contributed by atoms with van der Waals surface area (Å²) in [7, 11) is 2.77. The second-order valence-electron chi connectivity index (χ2n) is 3.01. The van der Waals surface area contributed by atoms with E-state index in [2.05, 4.69) is 4.74 Å². The summed E-state index contributed by atoms with van der Waals surface area (Å²) in [5.74, 6) is -0.871. The lowest BCUT2D eigenvalue weighted by Gasteiger charge is -2.07. The first kappa shape index (κ1) is 12.4. The molecule has 1 aromatic rings. The maximum absolute atomic E-state index is 13.1. The number of hydrogen-bond acceptors (Lipinski definition) is 4. The van der Waals surface area contributed by atoms with Crippen LogP contribution in [0.15, 0.2) is 18.2 Å². The first-order valence-electron chi connectivity index (χ1n) is 4.68. The Morgan fingerprint density at radius 1 is 1.25 bits per heavy atom. The highest BCUT2D eigenvalue weighted by molar-refractivity contribution is 5.89. The normalized spacial score (nSPS) is 9.94. The number of halogens is 1. The van der Waals surface area contributed by atoms with Crippen molar-refractivity contribution in [2.24, 2.45) is 0 Å². The Hall–Kier alpha value is -1.62. The summed E-state index contributed by atoms with van der Waals surface area (Å²) in [6.45, 7) is 0.685. The van der Waals surface area contributed by atoms with Crippen LogP contribution in [0.5, 0.6) is 5.75 Å². The maximum Gasteiger partial charge on any atom is 0.338 e. The van der Waals surface area contributed by atoms with E-state index in [0.29, 0.717) is 13.2 Å². The van der Waals surface area contributed by atoms with Gasteiger partial charge in [0, 0.05) is 13.2 Å². The number of carbonyl (C=O) groups is 1. The van der Waals surface area contributed by atoms with Crippen molar-refractivity contribution in [2.75, 3.05) is 27.4 Å². The number of benzene rings is 1. The first-order chi connectivity index (χ1) is 7.67. The molecule has 0 aliphatic rings. The second-order valence-corrected chi connectivity index (χ2v) is 3.01. The summed E-state index contributed by atoms with van der Waals surface area (Å²) in [5.41, 5.74) is 0.120. The monoisotopic (exact) mass is 228 g/mol. The Kier molecular flexibility index (Phi) is 4.72. The molecule has 0 aliphatic carbocycles. The van der Waals surface area contributed by atoms with E-state index >= 15 is 0 Å². The minimum atomic E-state index is -0.601. The van der Waals surface area contributed by atoms with Gasteiger partial charge in [-0.25, -0.2) is 9.18 Å². The van der Waals surface area contributed by atoms with Crippen LogP contribution in [0.25, 0.3) is 0 Å². The van der Waals surface area contributed by atoms with Gasteiger partial charge >= 0.3 is 5.97 Å². The van der Waals surface area contributed by atoms with Gasteiger partial charge in [0.05, 0.1) is 19.3 Å². The van der Waals surface area contributed by atoms with Crippen LogP contribution in [0, 0.1) is 5.82 Å². The van der Waals surface area contributed by atoms with Crippen molar-refractivity contribution >= 4 is 5.97 Å². The van der Waals surface area contributed by atoms with Gasteiger partial charge in [-0.05, 0) is 12.1 Å². The zero-order valence-electron chi connectivity index (χ0n) is 9.16. The third kappa shape index (κ3) is 3.51. The highest BCUT2D eigenvalue weighted by Gasteiger charge is 2.09. The molecule has 0 radical (unpaired) electrons. The molecule has 0 N–H and O–H groups in total. The molecule has 0 bridgehead atoms. The Labute approximate surface area is 92.9 Å². The summed E-state index contributed by atoms with van der Waals surface area (Å²) in [4.78, 5) is 11.2. The number of rotatable bonds is 5. The molecule has 0 saturated carbocycles. The third-order valence-corrected chi connectivity index (χ3v) is 1.85. The summed E-state index contributed by atoms with van der Waals surface area (Å²) >= 11 is 0. The average Bonchev–Trinajstić information content (AvgIpc) is 2.27. The topological polar surface area (TPSA) is 44.8 Å². The van der Waals surface area contributed by atoms with Crippen LogP contribution in [0.4, 0.5) is 4.39 Å². The van der Waals surface area contributed by atoms with E-state index in [1.807, 2.05) is 0 Å². The highest BCUT2D eigenvalue weighted by Crippen LogP contribution is 2.17. The Morgan fingerprint density at radius 3 is 2.62 bits per heavy atom. The van der Waals surface area contributed by atoms with E-state index in [4.69, 9.17) is 9.47 Å². The quantitative estimate of drug-likeness (QED) is 0.567. The molecule has 5 heteroatoms. The third-order valence-electron chi connectivity index (χ3n) is 1.85. The van der Waals surface area contributed by atoms with Crippen LogP contribution in [0.3, 0.4) is 0 Å².